The zero-order valence-electron chi connectivity index (χ0n) is 27.7. The molecule has 2 aliphatic heterocycles. The fraction of sp³-hybridized carbons (Fsp3) is 0.250. The van der Waals surface area contributed by atoms with Crippen LogP contribution in [-0.4, -0.2) is 48.3 Å². The molecule has 51 heavy (non-hydrogen) atoms. The van der Waals surface area contributed by atoms with Gasteiger partial charge in [0.05, 0.1) is 45.8 Å². The summed E-state index contributed by atoms with van der Waals surface area (Å²) in [7, 11) is 1.53. The summed E-state index contributed by atoms with van der Waals surface area (Å²) in [6.45, 7) is 0.514. The quantitative estimate of drug-likeness (QED) is 0.0406. The van der Waals surface area contributed by atoms with Gasteiger partial charge in [0.15, 0.2) is 11.5 Å². The summed E-state index contributed by atoms with van der Waals surface area (Å²) in [6.07, 6.45) is 3.35. The van der Waals surface area contributed by atoms with Crippen molar-refractivity contribution in [2.24, 2.45) is 17.8 Å². The van der Waals surface area contributed by atoms with E-state index >= 15 is 0 Å². The Morgan fingerprint density at radius 1 is 1.00 bits per heavy atom. The third-order valence-electron chi connectivity index (χ3n) is 9.90. The van der Waals surface area contributed by atoms with Gasteiger partial charge in [0, 0.05) is 18.1 Å². The number of fused-ring (bicyclic) bond motifs is 3. The molecule has 0 aromatic heterocycles. The fourth-order valence-electron chi connectivity index (χ4n) is 7.57. The number of aromatic hydroxyl groups is 1. The molecule has 10 nitrogen and oxygen atoms in total. The number of nitro groups is 1. The van der Waals surface area contributed by atoms with E-state index in [2.05, 4.69) is 40.8 Å². The maximum Gasteiger partial charge on any atom is 0.271 e. The zero-order chi connectivity index (χ0) is 35.6. The second-order valence-electron chi connectivity index (χ2n) is 12.8. The molecule has 0 spiro atoms. The van der Waals surface area contributed by atoms with Crippen LogP contribution in [0.2, 0.25) is 0 Å². The number of methoxy groups -OCH3 is 1. The maximum atomic E-state index is 14.1. The molecule has 0 unspecified atom stereocenters. The molecule has 2 fully saturated rings. The van der Waals surface area contributed by atoms with Gasteiger partial charge in [-0.05, 0) is 100 Å². The second kappa shape index (κ2) is 14.7. The van der Waals surface area contributed by atoms with Crippen molar-refractivity contribution in [2.45, 2.75) is 25.4 Å². The van der Waals surface area contributed by atoms with Crippen LogP contribution in [0.15, 0.2) is 108 Å². The highest BCUT2D eigenvalue weighted by Gasteiger charge is 2.57. The topological polar surface area (TPSA) is 128 Å². The lowest BCUT2D eigenvalue weighted by Crippen LogP contribution is -2.35. The Labute approximate surface area is 308 Å². The number of nitrogens with zero attached hydrogens (tertiary/aromatic N) is 2. The highest BCUT2D eigenvalue weighted by molar-refractivity contribution is 14.1. The molecule has 260 valence electrons. The first kappa shape index (κ1) is 34.4. The summed E-state index contributed by atoms with van der Waals surface area (Å²) in [5, 5.41) is 21.9. The minimum atomic E-state index is -0.645. The van der Waals surface area contributed by atoms with Crippen molar-refractivity contribution in [3.8, 4) is 17.2 Å². The molecule has 1 N–H and O–H groups in total. The van der Waals surface area contributed by atoms with Gasteiger partial charge in [-0.25, -0.2) is 4.90 Å². The van der Waals surface area contributed by atoms with Crippen molar-refractivity contribution in [3.63, 3.8) is 0 Å². The molecule has 2 amide bonds. The summed E-state index contributed by atoms with van der Waals surface area (Å²) in [6, 6.07) is 28.9. The number of ether oxygens (including phenoxy) is 3. The lowest BCUT2D eigenvalue weighted by Gasteiger charge is -2.31. The van der Waals surface area contributed by atoms with Crippen molar-refractivity contribution in [1.29, 1.82) is 0 Å². The van der Waals surface area contributed by atoms with Crippen molar-refractivity contribution in [3.05, 3.63) is 133 Å². The highest BCUT2D eigenvalue weighted by Crippen LogP contribution is 2.51. The fourth-order valence-corrected chi connectivity index (χ4v) is 8.19. The van der Waals surface area contributed by atoms with Crippen LogP contribution in [0.25, 0.3) is 11.6 Å². The Morgan fingerprint density at radius 3 is 2.47 bits per heavy atom. The molecule has 2 saturated heterocycles. The van der Waals surface area contributed by atoms with Gasteiger partial charge in [0.1, 0.15) is 12.4 Å². The third-order valence-corrected chi connectivity index (χ3v) is 10.7. The van der Waals surface area contributed by atoms with E-state index in [4.69, 9.17) is 14.2 Å². The monoisotopic (exact) mass is 798 g/mol. The number of nitro benzene ring substituents is 1. The molecule has 0 radical (unpaired) electrons. The number of allylic oxidation sites excluding steroid dienone is 1. The summed E-state index contributed by atoms with van der Waals surface area (Å²) in [4.78, 5) is 40.2. The van der Waals surface area contributed by atoms with Gasteiger partial charge < -0.3 is 19.3 Å². The number of amides is 2. The Kier molecular flexibility index (Phi) is 9.92. The number of hydrogen-bond donors (Lipinski definition) is 1. The van der Waals surface area contributed by atoms with Crippen LogP contribution in [0.4, 0.5) is 11.4 Å². The van der Waals surface area contributed by atoms with E-state index in [9.17, 15) is 24.8 Å². The van der Waals surface area contributed by atoms with Gasteiger partial charge in [0.25, 0.3) is 5.69 Å². The average molecular weight is 799 g/mol. The van der Waals surface area contributed by atoms with Crippen molar-refractivity contribution in [1.82, 2.24) is 0 Å². The van der Waals surface area contributed by atoms with Gasteiger partial charge >= 0.3 is 0 Å². The number of imide groups is 1. The van der Waals surface area contributed by atoms with E-state index in [0.717, 1.165) is 32.7 Å². The van der Waals surface area contributed by atoms with E-state index in [1.165, 1.54) is 25.3 Å². The maximum absolute atomic E-state index is 14.1. The molecule has 2 heterocycles. The first-order chi connectivity index (χ1) is 24.7. The number of carbonyl (C=O) groups is 2. The van der Waals surface area contributed by atoms with E-state index < -0.39 is 16.8 Å². The van der Waals surface area contributed by atoms with Crippen LogP contribution in [0.3, 0.4) is 0 Å². The summed E-state index contributed by atoms with van der Waals surface area (Å²) < 4.78 is 18.8. The minimum absolute atomic E-state index is 0.0960. The molecule has 4 aromatic rings. The molecule has 4 aromatic carbocycles. The Hall–Kier alpha value is -5.01. The number of phenolic OH excluding ortho intramolecular Hbond substituents is 1. The van der Waals surface area contributed by atoms with Crippen molar-refractivity contribution >= 4 is 57.4 Å². The number of non-ortho nitro benzene ring substituents is 1. The molecule has 0 saturated carbocycles. The summed E-state index contributed by atoms with van der Waals surface area (Å²) in [5.41, 5.74) is 4.94. The van der Waals surface area contributed by atoms with E-state index in [1.54, 1.807) is 12.1 Å². The van der Waals surface area contributed by atoms with Gasteiger partial charge in [-0.3, -0.25) is 19.7 Å². The predicted molar refractivity (Wildman–Crippen MR) is 200 cm³/mol. The van der Waals surface area contributed by atoms with E-state index in [1.807, 2.05) is 54.6 Å². The van der Waals surface area contributed by atoms with Crippen molar-refractivity contribution in [2.75, 3.05) is 25.2 Å². The number of phenols is 1. The normalized spacial score (nSPS) is 21.5. The van der Waals surface area contributed by atoms with Gasteiger partial charge in [0.2, 0.25) is 11.8 Å². The van der Waals surface area contributed by atoms with Gasteiger partial charge in [-0.1, -0.05) is 60.7 Å². The second-order valence-corrected chi connectivity index (χ2v) is 14.0. The number of rotatable bonds is 11. The number of halogens is 1. The van der Waals surface area contributed by atoms with Gasteiger partial charge in [-0.15, -0.1) is 0 Å². The van der Waals surface area contributed by atoms with Gasteiger partial charge in [-0.2, -0.15) is 0 Å². The lowest BCUT2D eigenvalue weighted by atomic mass is 9.69. The van der Waals surface area contributed by atoms with Crippen LogP contribution in [0, 0.1) is 31.4 Å². The van der Waals surface area contributed by atoms with Crippen LogP contribution >= 0.6 is 22.6 Å². The number of hydrogen-bond acceptors (Lipinski definition) is 8. The first-order valence-corrected chi connectivity index (χ1v) is 17.8. The average Bonchev–Trinajstić information content (AvgIpc) is 3.68. The first-order valence-electron chi connectivity index (χ1n) is 16.7. The number of carbonyl (C=O) groups excluding carboxylic acids is 2. The number of para-hydroxylation sites is 1. The third kappa shape index (κ3) is 6.87. The largest absolute Gasteiger partial charge is 0.504 e. The molecule has 1 aliphatic carbocycles. The predicted octanol–water partition coefficient (Wildman–Crippen LogP) is 7.83. The van der Waals surface area contributed by atoms with Crippen LogP contribution in [0.1, 0.15) is 30.4 Å². The molecule has 4 atom stereocenters. The van der Waals surface area contributed by atoms with Crippen molar-refractivity contribution < 1.29 is 33.8 Å². The molecular weight excluding hydrogens is 763 g/mol. The summed E-state index contributed by atoms with van der Waals surface area (Å²) >= 11 is 2.09. The molecule has 11 heteroatoms. The lowest BCUT2D eigenvalue weighted by molar-refractivity contribution is -0.384. The molecule has 7 rings (SSSR count). The Morgan fingerprint density at radius 2 is 1.75 bits per heavy atom. The molecule has 3 aliphatic rings. The molecular formula is C40H35IN2O8. The Bertz CT molecular complexity index is 2050. The number of benzene rings is 4. The minimum Gasteiger partial charge on any atom is -0.504 e. The smallest absolute Gasteiger partial charge is 0.271 e. The Balaban J connectivity index is 1.21. The summed E-state index contributed by atoms with van der Waals surface area (Å²) in [5.74, 6) is -1.15. The SMILES string of the molecule is COc1cc(/C=C(/CC[C@H]2OC[C@H]3C2=C(COc2ccccc2)C[C@H]2C(=O)N(c4cccc([N+](=O)[O-])c4)C(=O)[C@H]23)c2ccccc2)cc(I)c1O. The van der Waals surface area contributed by atoms with Crippen LogP contribution < -0.4 is 14.4 Å². The van der Waals surface area contributed by atoms with E-state index in [0.29, 0.717) is 34.3 Å². The number of anilines is 1. The van der Waals surface area contributed by atoms with Crippen LogP contribution in [0.5, 0.6) is 17.2 Å². The standard InChI is InChI=1S/C40H35IN2O8/c1-49-35-19-24(18-33(41)38(35)44)17-26(25-9-4-2-5-10-25)15-16-34-36-27(22-50-30-13-6-3-7-14-30)20-31-37(32(36)23-51-34)40(46)42(39(31)45)28-11-8-12-29(21-28)43(47)48/h2-14,17-19,21,31-32,34,37,44H,15-16,20,22-23H2,1H3/b26-17-/t31-,32+,34-,37-/m1/s1. The molecule has 0 bridgehead atoms. The van der Waals surface area contributed by atoms with E-state index in [-0.39, 0.29) is 54.2 Å². The zero-order valence-corrected chi connectivity index (χ0v) is 29.9. The highest BCUT2D eigenvalue weighted by atomic mass is 127. The van der Waals surface area contributed by atoms with Crippen LogP contribution in [-0.2, 0) is 14.3 Å².